The molecule has 2 aliphatic heterocycles. The fourth-order valence-electron chi connectivity index (χ4n) is 4.27. The molecule has 2 fully saturated rings. The van der Waals surface area contributed by atoms with Crippen LogP contribution in [0.1, 0.15) is 38.2 Å². The van der Waals surface area contributed by atoms with Crippen LogP contribution >= 0.6 is 0 Å². The molecular formula is C19H25N3O3. The molecule has 1 aromatic rings. The summed E-state index contributed by atoms with van der Waals surface area (Å²) >= 11 is 0. The average Bonchev–Trinajstić information content (AvgIpc) is 3.02. The maximum atomic E-state index is 13.4. The van der Waals surface area contributed by atoms with Crippen molar-refractivity contribution in [3.8, 4) is 0 Å². The van der Waals surface area contributed by atoms with Gasteiger partial charge in [0.1, 0.15) is 11.6 Å². The molecule has 3 atom stereocenters. The fraction of sp³-hybridized carbons (Fsp3) is 0.526. The minimum Gasteiger partial charge on any atom is -0.357 e. The second kappa shape index (κ2) is 6.86. The minimum atomic E-state index is -0.972. The summed E-state index contributed by atoms with van der Waals surface area (Å²) in [6.45, 7) is 1.44. The van der Waals surface area contributed by atoms with Gasteiger partial charge in [0.05, 0.1) is 0 Å². The van der Waals surface area contributed by atoms with Crippen LogP contribution in [0.4, 0.5) is 0 Å². The van der Waals surface area contributed by atoms with Crippen LogP contribution in [-0.4, -0.2) is 47.3 Å². The Balaban J connectivity index is 1.93. The van der Waals surface area contributed by atoms with Crippen LogP contribution in [0.2, 0.25) is 0 Å². The van der Waals surface area contributed by atoms with E-state index in [2.05, 4.69) is 10.6 Å². The number of nitrogens with one attached hydrogen (secondary N) is 2. The number of hydrogen-bond acceptors (Lipinski definition) is 3. The van der Waals surface area contributed by atoms with Gasteiger partial charge in [0.2, 0.25) is 17.7 Å². The van der Waals surface area contributed by atoms with Crippen LogP contribution < -0.4 is 10.6 Å². The van der Waals surface area contributed by atoms with Crippen molar-refractivity contribution >= 4 is 17.7 Å². The molecule has 2 saturated heterocycles. The van der Waals surface area contributed by atoms with E-state index in [1.165, 1.54) is 6.92 Å². The molecular weight excluding hydrogens is 318 g/mol. The molecule has 6 nitrogen and oxygen atoms in total. The number of carbonyl (C=O) groups excluding carboxylic acids is 3. The smallest absolute Gasteiger partial charge is 0.249 e. The Morgan fingerprint density at radius 1 is 1.20 bits per heavy atom. The summed E-state index contributed by atoms with van der Waals surface area (Å²) < 4.78 is 0. The van der Waals surface area contributed by atoms with Gasteiger partial charge in [-0.15, -0.1) is 0 Å². The van der Waals surface area contributed by atoms with E-state index in [9.17, 15) is 14.4 Å². The summed E-state index contributed by atoms with van der Waals surface area (Å²) in [4.78, 5) is 39.2. The molecule has 2 N–H and O–H groups in total. The molecule has 1 aromatic carbocycles. The molecule has 0 bridgehead atoms. The van der Waals surface area contributed by atoms with Crippen LogP contribution in [0.5, 0.6) is 0 Å². The first-order valence-electron chi connectivity index (χ1n) is 8.84. The average molecular weight is 343 g/mol. The summed E-state index contributed by atoms with van der Waals surface area (Å²) in [5.74, 6) is -0.485. The molecule has 0 saturated carbocycles. The molecule has 0 unspecified atom stereocenters. The number of fused-ring (bicyclic) bond motifs is 1. The highest BCUT2D eigenvalue weighted by Gasteiger charge is 2.53. The van der Waals surface area contributed by atoms with Gasteiger partial charge in [0.25, 0.3) is 0 Å². The molecule has 0 spiro atoms. The highest BCUT2D eigenvalue weighted by atomic mass is 16.2. The molecule has 0 radical (unpaired) electrons. The Morgan fingerprint density at radius 3 is 2.56 bits per heavy atom. The standard InChI is InChI=1S/C19H25N3O3/c1-13(23)21-19(12-14-6-4-3-5-7-14)11-10-15-8-9-16(17(24)20-2)22(15)18(19)25/h3-7,15-16H,8-12H2,1-2H3,(H,20,24)(H,21,23)/t15-,16+,19+/m1/s1. The quantitative estimate of drug-likeness (QED) is 0.856. The molecule has 6 heteroatoms. The number of benzene rings is 1. The second-order valence-electron chi connectivity index (χ2n) is 7.04. The fourth-order valence-corrected chi connectivity index (χ4v) is 4.27. The van der Waals surface area contributed by atoms with Gasteiger partial charge in [-0.05, 0) is 31.2 Å². The van der Waals surface area contributed by atoms with Crippen LogP contribution in [0, 0.1) is 0 Å². The van der Waals surface area contributed by atoms with Gasteiger partial charge in [-0.25, -0.2) is 0 Å². The third-order valence-electron chi connectivity index (χ3n) is 5.36. The first-order chi connectivity index (χ1) is 12.0. The number of amides is 3. The van der Waals surface area contributed by atoms with Crippen molar-refractivity contribution in [2.24, 2.45) is 0 Å². The van der Waals surface area contributed by atoms with Crippen LogP contribution in [-0.2, 0) is 20.8 Å². The Labute approximate surface area is 148 Å². The largest absolute Gasteiger partial charge is 0.357 e. The monoisotopic (exact) mass is 343 g/mol. The minimum absolute atomic E-state index is 0.0902. The Bertz CT molecular complexity index is 676. The zero-order valence-electron chi connectivity index (χ0n) is 14.7. The lowest BCUT2D eigenvalue weighted by atomic mass is 9.80. The summed E-state index contributed by atoms with van der Waals surface area (Å²) in [5.41, 5.74) is 0.0269. The van der Waals surface area contributed by atoms with E-state index in [1.54, 1.807) is 11.9 Å². The highest BCUT2D eigenvalue weighted by molar-refractivity contribution is 5.96. The van der Waals surface area contributed by atoms with Crippen molar-refractivity contribution in [1.29, 1.82) is 0 Å². The van der Waals surface area contributed by atoms with E-state index >= 15 is 0 Å². The van der Waals surface area contributed by atoms with Crippen molar-refractivity contribution in [2.45, 2.75) is 56.7 Å². The van der Waals surface area contributed by atoms with Crippen LogP contribution in [0.15, 0.2) is 30.3 Å². The number of carbonyl (C=O) groups is 3. The maximum Gasteiger partial charge on any atom is 0.249 e. The third-order valence-corrected chi connectivity index (χ3v) is 5.36. The zero-order chi connectivity index (χ0) is 18.0. The third kappa shape index (κ3) is 3.25. The summed E-state index contributed by atoms with van der Waals surface area (Å²) in [6, 6.07) is 9.35. The molecule has 2 heterocycles. The van der Waals surface area contributed by atoms with Crippen molar-refractivity contribution in [3.05, 3.63) is 35.9 Å². The van der Waals surface area contributed by atoms with Crippen LogP contribution in [0.25, 0.3) is 0 Å². The predicted octanol–water partition coefficient (Wildman–Crippen LogP) is 1.00. The highest BCUT2D eigenvalue weighted by Crippen LogP contribution is 2.38. The number of rotatable bonds is 4. The predicted molar refractivity (Wildman–Crippen MR) is 93.7 cm³/mol. The van der Waals surface area contributed by atoms with Gasteiger partial charge in [-0.3, -0.25) is 14.4 Å². The van der Waals surface area contributed by atoms with E-state index in [1.807, 2.05) is 30.3 Å². The summed E-state index contributed by atoms with van der Waals surface area (Å²) in [7, 11) is 1.59. The lowest BCUT2D eigenvalue weighted by Gasteiger charge is -2.45. The molecule has 3 amide bonds. The molecule has 0 aromatic heterocycles. The van der Waals surface area contributed by atoms with E-state index in [4.69, 9.17) is 0 Å². The van der Waals surface area contributed by atoms with Crippen molar-refractivity contribution in [2.75, 3.05) is 7.05 Å². The lowest BCUT2D eigenvalue weighted by molar-refractivity contribution is -0.151. The molecule has 3 rings (SSSR count). The van der Waals surface area contributed by atoms with E-state index in [0.29, 0.717) is 19.3 Å². The van der Waals surface area contributed by atoms with E-state index in [0.717, 1.165) is 18.4 Å². The number of likely N-dealkylation sites (N-methyl/N-ethyl adjacent to an activating group) is 1. The lowest BCUT2D eigenvalue weighted by Crippen LogP contribution is -2.67. The summed E-state index contributed by atoms with van der Waals surface area (Å²) in [6.07, 6.45) is 3.35. The van der Waals surface area contributed by atoms with Crippen molar-refractivity contribution < 1.29 is 14.4 Å². The Kier molecular flexibility index (Phi) is 4.79. The molecule has 134 valence electrons. The second-order valence-corrected chi connectivity index (χ2v) is 7.04. The van der Waals surface area contributed by atoms with Crippen molar-refractivity contribution in [1.82, 2.24) is 15.5 Å². The number of hydrogen-bond donors (Lipinski definition) is 2. The van der Waals surface area contributed by atoms with Gasteiger partial charge in [-0.2, -0.15) is 0 Å². The van der Waals surface area contributed by atoms with Crippen molar-refractivity contribution in [3.63, 3.8) is 0 Å². The van der Waals surface area contributed by atoms with E-state index < -0.39 is 11.6 Å². The number of nitrogens with zero attached hydrogens (tertiary/aromatic N) is 1. The molecule has 2 aliphatic rings. The van der Waals surface area contributed by atoms with Gasteiger partial charge in [0.15, 0.2) is 0 Å². The SMILES string of the molecule is CNC(=O)[C@@H]1CC[C@@H]2CC[C@@](Cc3ccccc3)(NC(C)=O)C(=O)N21. The van der Waals surface area contributed by atoms with Gasteiger partial charge >= 0.3 is 0 Å². The Morgan fingerprint density at radius 2 is 1.92 bits per heavy atom. The first kappa shape index (κ1) is 17.5. The zero-order valence-corrected chi connectivity index (χ0v) is 14.7. The summed E-state index contributed by atoms with van der Waals surface area (Å²) in [5, 5.41) is 5.58. The topological polar surface area (TPSA) is 78.5 Å². The molecule has 0 aliphatic carbocycles. The maximum absolute atomic E-state index is 13.4. The Hall–Kier alpha value is -2.37. The number of piperidine rings is 1. The van der Waals surface area contributed by atoms with Gasteiger partial charge in [-0.1, -0.05) is 30.3 Å². The van der Waals surface area contributed by atoms with Gasteiger partial charge in [0, 0.05) is 26.4 Å². The molecule has 25 heavy (non-hydrogen) atoms. The van der Waals surface area contributed by atoms with E-state index in [-0.39, 0.29) is 23.8 Å². The van der Waals surface area contributed by atoms with Crippen LogP contribution in [0.3, 0.4) is 0 Å². The first-order valence-corrected chi connectivity index (χ1v) is 8.84. The normalized spacial score (nSPS) is 28.4. The van der Waals surface area contributed by atoms with Gasteiger partial charge < -0.3 is 15.5 Å².